The number of carbonyl (C=O) groups is 1. The topological polar surface area (TPSA) is 38.8 Å². The molecule has 1 atom stereocenters. The zero-order valence-corrected chi connectivity index (χ0v) is 12.8. The first-order chi connectivity index (χ1) is 10.3. The van der Waals surface area contributed by atoms with Crippen molar-refractivity contribution in [3.05, 3.63) is 30.3 Å². The molecule has 4 nitrogen and oxygen atoms in total. The van der Waals surface area contributed by atoms with Gasteiger partial charge in [0, 0.05) is 20.2 Å². The molecule has 21 heavy (non-hydrogen) atoms. The van der Waals surface area contributed by atoms with E-state index in [9.17, 15) is 4.79 Å². The van der Waals surface area contributed by atoms with Crippen molar-refractivity contribution >= 4 is 5.91 Å². The van der Waals surface area contributed by atoms with Crippen molar-refractivity contribution in [1.29, 1.82) is 0 Å². The van der Waals surface area contributed by atoms with Crippen LogP contribution in [0.1, 0.15) is 32.1 Å². The third-order valence-electron chi connectivity index (χ3n) is 3.80. The predicted octanol–water partition coefficient (Wildman–Crippen LogP) is 2.87. The summed E-state index contributed by atoms with van der Waals surface area (Å²) < 4.78 is 11.1. The van der Waals surface area contributed by atoms with E-state index < -0.39 is 0 Å². The van der Waals surface area contributed by atoms with Gasteiger partial charge in [-0.2, -0.15) is 0 Å². The van der Waals surface area contributed by atoms with E-state index in [0.717, 1.165) is 31.7 Å². The molecule has 1 aliphatic heterocycles. The molecule has 0 radical (unpaired) electrons. The zero-order valence-electron chi connectivity index (χ0n) is 12.8. The van der Waals surface area contributed by atoms with Crippen LogP contribution < -0.4 is 4.74 Å². The average molecular weight is 291 g/mol. The van der Waals surface area contributed by atoms with Gasteiger partial charge in [0.15, 0.2) is 0 Å². The molecule has 1 aromatic rings. The molecule has 0 bridgehead atoms. The van der Waals surface area contributed by atoms with Gasteiger partial charge in [-0.1, -0.05) is 18.2 Å². The third kappa shape index (κ3) is 5.76. The van der Waals surface area contributed by atoms with Crippen LogP contribution in [0, 0.1) is 0 Å². The van der Waals surface area contributed by atoms with Crippen LogP contribution in [-0.2, 0) is 9.53 Å². The van der Waals surface area contributed by atoms with Crippen LogP contribution in [0.5, 0.6) is 5.75 Å². The molecule has 0 spiro atoms. The minimum Gasteiger partial charge on any atom is -0.493 e. The van der Waals surface area contributed by atoms with Gasteiger partial charge in [0.1, 0.15) is 5.75 Å². The number of carbonyl (C=O) groups excluding carboxylic acids is 1. The highest BCUT2D eigenvalue weighted by Gasteiger charge is 2.16. The lowest BCUT2D eigenvalue weighted by Gasteiger charge is -2.18. The van der Waals surface area contributed by atoms with Crippen LogP contribution in [0.2, 0.25) is 0 Å². The van der Waals surface area contributed by atoms with Crippen LogP contribution in [0.3, 0.4) is 0 Å². The van der Waals surface area contributed by atoms with Crippen LogP contribution in [0.4, 0.5) is 0 Å². The molecule has 1 fully saturated rings. The molecule has 1 saturated heterocycles. The molecular formula is C17H25NO3. The SMILES string of the molecule is CN(CCC[C@H]1CCCO1)C(=O)CCOc1ccccc1. The summed E-state index contributed by atoms with van der Waals surface area (Å²) in [6.07, 6.45) is 5.24. The Morgan fingerprint density at radius 1 is 1.38 bits per heavy atom. The van der Waals surface area contributed by atoms with Crippen molar-refractivity contribution < 1.29 is 14.3 Å². The Labute approximate surface area is 127 Å². The second kappa shape index (κ2) is 8.67. The second-order valence-electron chi connectivity index (χ2n) is 5.50. The maximum atomic E-state index is 12.0. The van der Waals surface area contributed by atoms with Gasteiger partial charge in [-0.25, -0.2) is 0 Å². The van der Waals surface area contributed by atoms with E-state index in [4.69, 9.17) is 9.47 Å². The fraction of sp³-hybridized carbons (Fsp3) is 0.588. The molecule has 0 aromatic heterocycles. The maximum absolute atomic E-state index is 12.0. The summed E-state index contributed by atoms with van der Waals surface area (Å²) in [5.41, 5.74) is 0. The first kappa shape index (κ1) is 15.8. The first-order valence-corrected chi connectivity index (χ1v) is 7.79. The predicted molar refractivity (Wildman–Crippen MR) is 82.4 cm³/mol. The van der Waals surface area contributed by atoms with Crippen molar-refractivity contribution in [2.75, 3.05) is 26.8 Å². The Morgan fingerprint density at radius 3 is 2.90 bits per heavy atom. The Balaban J connectivity index is 1.56. The zero-order chi connectivity index (χ0) is 14.9. The highest BCUT2D eigenvalue weighted by molar-refractivity contribution is 5.75. The van der Waals surface area contributed by atoms with Crippen molar-refractivity contribution in [3.63, 3.8) is 0 Å². The molecule has 1 amide bonds. The molecule has 0 unspecified atom stereocenters. The molecule has 116 valence electrons. The second-order valence-corrected chi connectivity index (χ2v) is 5.50. The number of nitrogens with zero attached hydrogens (tertiary/aromatic N) is 1. The van der Waals surface area contributed by atoms with E-state index >= 15 is 0 Å². The fourth-order valence-electron chi connectivity index (χ4n) is 2.52. The Kier molecular flexibility index (Phi) is 6.54. The molecule has 0 N–H and O–H groups in total. The summed E-state index contributed by atoms with van der Waals surface area (Å²) in [6, 6.07) is 9.59. The van der Waals surface area contributed by atoms with Crippen LogP contribution >= 0.6 is 0 Å². The molecule has 4 heteroatoms. The van der Waals surface area contributed by atoms with Crippen LogP contribution in [-0.4, -0.2) is 43.7 Å². The number of ether oxygens (including phenoxy) is 2. The Bertz CT molecular complexity index is 415. The van der Waals surface area contributed by atoms with E-state index in [1.54, 1.807) is 4.90 Å². The summed E-state index contributed by atoms with van der Waals surface area (Å²) in [7, 11) is 1.86. The minimum absolute atomic E-state index is 0.137. The van der Waals surface area contributed by atoms with Gasteiger partial charge >= 0.3 is 0 Å². The fourth-order valence-corrected chi connectivity index (χ4v) is 2.52. The summed E-state index contributed by atoms with van der Waals surface area (Å²) >= 11 is 0. The van der Waals surface area contributed by atoms with E-state index in [-0.39, 0.29) is 5.91 Å². The number of benzene rings is 1. The normalized spacial score (nSPS) is 17.7. The number of rotatable bonds is 8. The van der Waals surface area contributed by atoms with Crippen LogP contribution in [0.25, 0.3) is 0 Å². The largest absolute Gasteiger partial charge is 0.493 e. The summed E-state index contributed by atoms with van der Waals surface area (Å²) in [5, 5.41) is 0. The van der Waals surface area contributed by atoms with Crippen molar-refractivity contribution in [3.8, 4) is 5.75 Å². The van der Waals surface area contributed by atoms with Gasteiger partial charge in [-0.05, 0) is 37.8 Å². The lowest BCUT2D eigenvalue weighted by Crippen LogP contribution is -2.29. The molecular weight excluding hydrogens is 266 g/mol. The van der Waals surface area contributed by atoms with Crippen molar-refractivity contribution in [1.82, 2.24) is 4.90 Å². The average Bonchev–Trinajstić information content (AvgIpc) is 3.01. The molecule has 0 aliphatic carbocycles. The highest BCUT2D eigenvalue weighted by Crippen LogP contribution is 2.16. The molecule has 0 saturated carbocycles. The number of hydrogen-bond donors (Lipinski definition) is 0. The summed E-state index contributed by atoms with van der Waals surface area (Å²) in [4.78, 5) is 13.8. The maximum Gasteiger partial charge on any atom is 0.225 e. The van der Waals surface area contributed by atoms with Gasteiger partial charge in [0.05, 0.1) is 19.1 Å². The van der Waals surface area contributed by atoms with Crippen LogP contribution in [0.15, 0.2) is 30.3 Å². The molecule has 1 aliphatic rings. The number of hydrogen-bond acceptors (Lipinski definition) is 3. The summed E-state index contributed by atoms with van der Waals surface area (Å²) in [5.74, 6) is 0.949. The summed E-state index contributed by atoms with van der Waals surface area (Å²) in [6.45, 7) is 2.12. The van der Waals surface area contributed by atoms with Gasteiger partial charge in [-0.3, -0.25) is 4.79 Å². The van der Waals surface area contributed by atoms with Crippen molar-refractivity contribution in [2.24, 2.45) is 0 Å². The smallest absolute Gasteiger partial charge is 0.225 e. The molecule has 1 aromatic carbocycles. The lowest BCUT2D eigenvalue weighted by molar-refractivity contribution is -0.130. The standard InChI is InChI=1S/C17H25NO3/c1-18(12-5-9-16-10-6-13-20-16)17(19)11-14-21-15-7-3-2-4-8-15/h2-4,7-8,16H,5-6,9-14H2,1H3/t16-/m0/s1. The number of para-hydroxylation sites is 1. The van der Waals surface area contributed by atoms with E-state index in [1.165, 1.54) is 12.8 Å². The third-order valence-corrected chi connectivity index (χ3v) is 3.80. The monoisotopic (exact) mass is 291 g/mol. The lowest BCUT2D eigenvalue weighted by atomic mass is 10.1. The first-order valence-electron chi connectivity index (χ1n) is 7.79. The number of amides is 1. The van der Waals surface area contributed by atoms with E-state index in [2.05, 4.69) is 0 Å². The Hall–Kier alpha value is -1.55. The van der Waals surface area contributed by atoms with Gasteiger partial charge < -0.3 is 14.4 Å². The molecule has 1 heterocycles. The highest BCUT2D eigenvalue weighted by atomic mass is 16.5. The molecule has 2 rings (SSSR count). The Morgan fingerprint density at radius 2 is 2.19 bits per heavy atom. The minimum atomic E-state index is 0.137. The van der Waals surface area contributed by atoms with Crippen molar-refractivity contribution in [2.45, 2.75) is 38.2 Å². The quantitative estimate of drug-likeness (QED) is 0.739. The van der Waals surface area contributed by atoms with E-state index in [0.29, 0.717) is 19.1 Å². The van der Waals surface area contributed by atoms with E-state index in [1.807, 2.05) is 37.4 Å². The van der Waals surface area contributed by atoms with Gasteiger partial charge in [0.25, 0.3) is 0 Å². The van der Waals surface area contributed by atoms with Gasteiger partial charge in [-0.15, -0.1) is 0 Å². The van der Waals surface area contributed by atoms with Gasteiger partial charge in [0.2, 0.25) is 5.91 Å².